The SMILES string of the molecule is CN=C(NCCCOCC1CCCO1)NCc1cccc(COc2ccccc2)c1. The highest BCUT2D eigenvalue weighted by atomic mass is 16.5. The van der Waals surface area contributed by atoms with Crippen LogP contribution in [0.5, 0.6) is 5.75 Å². The monoisotopic (exact) mass is 411 g/mol. The van der Waals surface area contributed by atoms with Gasteiger partial charge in [-0.1, -0.05) is 42.5 Å². The zero-order valence-electron chi connectivity index (χ0n) is 17.8. The maximum absolute atomic E-state index is 5.84. The topological polar surface area (TPSA) is 64.1 Å². The number of aliphatic imine (C=N–C) groups is 1. The van der Waals surface area contributed by atoms with E-state index in [2.05, 4.69) is 39.9 Å². The fourth-order valence-corrected chi connectivity index (χ4v) is 3.29. The Morgan fingerprint density at radius 2 is 1.97 bits per heavy atom. The second kappa shape index (κ2) is 12.9. The summed E-state index contributed by atoms with van der Waals surface area (Å²) < 4.78 is 17.1. The summed E-state index contributed by atoms with van der Waals surface area (Å²) >= 11 is 0. The molecule has 0 aromatic heterocycles. The van der Waals surface area contributed by atoms with Crippen LogP contribution in [0.15, 0.2) is 59.6 Å². The number of guanidine groups is 1. The first-order valence-corrected chi connectivity index (χ1v) is 10.7. The minimum Gasteiger partial charge on any atom is -0.489 e. The van der Waals surface area contributed by atoms with Crippen molar-refractivity contribution in [1.29, 1.82) is 0 Å². The molecule has 2 N–H and O–H groups in total. The van der Waals surface area contributed by atoms with Crippen molar-refractivity contribution in [3.63, 3.8) is 0 Å². The van der Waals surface area contributed by atoms with Crippen molar-refractivity contribution >= 4 is 5.96 Å². The number of para-hydroxylation sites is 1. The summed E-state index contributed by atoms with van der Waals surface area (Å²) in [6.45, 7) is 4.38. The van der Waals surface area contributed by atoms with Crippen LogP contribution in [0.2, 0.25) is 0 Å². The zero-order valence-corrected chi connectivity index (χ0v) is 17.8. The van der Waals surface area contributed by atoms with Crippen molar-refractivity contribution in [3.05, 3.63) is 65.7 Å². The van der Waals surface area contributed by atoms with Gasteiger partial charge in [0.25, 0.3) is 0 Å². The van der Waals surface area contributed by atoms with Gasteiger partial charge < -0.3 is 24.8 Å². The third-order valence-corrected chi connectivity index (χ3v) is 4.91. The number of nitrogens with one attached hydrogen (secondary N) is 2. The fraction of sp³-hybridized carbons (Fsp3) is 0.458. The molecule has 0 saturated carbocycles. The van der Waals surface area contributed by atoms with Gasteiger partial charge >= 0.3 is 0 Å². The van der Waals surface area contributed by atoms with Crippen LogP contribution in [0.25, 0.3) is 0 Å². The molecule has 1 aliphatic heterocycles. The number of ether oxygens (including phenoxy) is 3. The molecule has 2 aromatic carbocycles. The van der Waals surface area contributed by atoms with Gasteiger partial charge in [-0.25, -0.2) is 0 Å². The van der Waals surface area contributed by atoms with E-state index in [1.165, 1.54) is 5.56 Å². The molecule has 6 nitrogen and oxygen atoms in total. The predicted octanol–water partition coefficient (Wildman–Crippen LogP) is 3.52. The number of hydrogen-bond donors (Lipinski definition) is 2. The second-order valence-electron chi connectivity index (χ2n) is 7.34. The summed E-state index contributed by atoms with van der Waals surface area (Å²) in [5, 5.41) is 6.69. The first kappa shape index (κ1) is 22.1. The average molecular weight is 412 g/mol. The highest BCUT2D eigenvalue weighted by Gasteiger charge is 2.14. The van der Waals surface area contributed by atoms with Crippen LogP contribution in [-0.4, -0.2) is 45.5 Å². The van der Waals surface area contributed by atoms with E-state index < -0.39 is 0 Å². The number of hydrogen-bond acceptors (Lipinski definition) is 4. The van der Waals surface area contributed by atoms with Gasteiger partial charge in [0.2, 0.25) is 0 Å². The van der Waals surface area contributed by atoms with Crippen molar-refractivity contribution < 1.29 is 14.2 Å². The number of nitrogens with zero attached hydrogens (tertiary/aromatic N) is 1. The van der Waals surface area contributed by atoms with E-state index >= 15 is 0 Å². The fourth-order valence-electron chi connectivity index (χ4n) is 3.29. The molecule has 0 aliphatic carbocycles. The highest BCUT2D eigenvalue weighted by Crippen LogP contribution is 2.13. The van der Waals surface area contributed by atoms with Gasteiger partial charge in [-0.3, -0.25) is 4.99 Å². The Labute approximate surface area is 179 Å². The Kier molecular flexibility index (Phi) is 9.50. The van der Waals surface area contributed by atoms with Crippen LogP contribution >= 0.6 is 0 Å². The molecule has 2 aromatic rings. The minimum absolute atomic E-state index is 0.293. The molecular weight excluding hydrogens is 378 g/mol. The van der Waals surface area contributed by atoms with E-state index in [4.69, 9.17) is 14.2 Å². The van der Waals surface area contributed by atoms with Crippen LogP contribution in [0.4, 0.5) is 0 Å². The van der Waals surface area contributed by atoms with Crippen molar-refractivity contribution in [2.45, 2.75) is 38.5 Å². The molecule has 1 aliphatic rings. The average Bonchev–Trinajstić information content (AvgIpc) is 3.31. The smallest absolute Gasteiger partial charge is 0.191 e. The van der Waals surface area contributed by atoms with Gasteiger partial charge in [-0.2, -0.15) is 0 Å². The largest absolute Gasteiger partial charge is 0.489 e. The molecule has 0 amide bonds. The molecule has 1 saturated heterocycles. The van der Waals surface area contributed by atoms with Gasteiger partial charge in [-0.15, -0.1) is 0 Å². The first-order chi connectivity index (χ1) is 14.8. The van der Waals surface area contributed by atoms with Crippen LogP contribution in [-0.2, 0) is 22.6 Å². The van der Waals surface area contributed by atoms with Crippen LogP contribution < -0.4 is 15.4 Å². The number of rotatable bonds is 11. The molecule has 1 unspecified atom stereocenters. The van der Waals surface area contributed by atoms with Gasteiger partial charge in [0.05, 0.1) is 12.7 Å². The summed E-state index contributed by atoms with van der Waals surface area (Å²) in [5.41, 5.74) is 2.33. The molecule has 3 rings (SSSR count). The maximum atomic E-state index is 5.84. The van der Waals surface area contributed by atoms with Gasteiger partial charge in [-0.05, 0) is 42.5 Å². The van der Waals surface area contributed by atoms with E-state index in [1.54, 1.807) is 7.05 Å². The predicted molar refractivity (Wildman–Crippen MR) is 120 cm³/mol. The number of benzene rings is 2. The van der Waals surface area contributed by atoms with E-state index in [1.807, 2.05) is 30.3 Å². The Morgan fingerprint density at radius 1 is 1.10 bits per heavy atom. The third kappa shape index (κ3) is 8.05. The molecular formula is C24H33N3O3. The lowest BCUT2D eigenvalue weighted by Gasteiger charge is -2.13. The molecule has 1 heterocycles. The minimum atomic E-state index is 0.293. The van der Waals surface area contributed by atoms with Gasteiger partial charge in [0, 0.05) is 33.4 Å². The standard InChI is InChI=1S/C24H33N3O3/c1-25-24(26-13-7-14-28-19-23-12-6-15-29-23)27-17-20-8-5-9-21(16-20)18-30-22-10-3-2-4-11-22/h2-5,8-11,16,23H,6-7,12-15,17-19H2,1H3,(H2,25,26,27). The summed E-state index contributed by atoms with van der Waals surface area (Å²) in [6.07, 6.45) is 3.50. The molecule has 0 spiro atoms. The Hall–Kier alpha value is -2.57. The van der Waals surface area contributed by atoms with E-state index in [0.29, 0.717) is 25.9 Å². The highest BCUT2D eigenvalue weighted by molar-refractivity contribution is 5.79. The normalized spacial score (nSPS) is 16.4. The molecule has 0 bridgehead atoms. The summed E-state index contributed by atoms with van der Waals surface area (Å²) in [4.78, 5) is 4.29. The molecule has 1 fully saturated rings. The molecule has 162 valence electrons. The van der Waals surface area contributed by atoms with Gasteiger partial charge in [0.1, 0.15) is 12.4 Å². The lowest BCUT2D eigenvalue weighted by Crippen LogP contribution is -2.37. The maximum Gasteiger partial charge on any atom is 0.191 e. The second-order valence-corrected chi connectivity index (χ2v) is 7.34. The zero-order chi connectivity index (χ0) is 20.9. The van der Waals surface area contributed by atoms with Crippen LogP contribution in [0, 0.1) is 0 Å². The summed E-state index contributed by atoms with van der Waals surface area (Å²) in [6, 6.07) is 18.3. The first-order valence-electron chi connectivity index (χ1n) is 10.7. The Balaban J connectivity index is 1.32. The van der Waals surface area contributed by atoms with Crippen molar-refractivity contribution in [1.82, 2.24) is 10.6 Å². The lowest BCUT2D eigenvalue weighted by atomic mass is 10.1. The van der Waals surface area contributed by atoms with E-state index in [0.717, 1.165) is 56.3 Å². The van der Waals surface area contributed by atoms with Crippen LogP contribution in [0.3, 0.4) is 0 Å². The summed E-state index contributed by atoms with van der Waals surface area (Å²) in [7, 11) is 1.79. The lowest BCUT2D eigenvalue weighted by molar-refractivity contribution is 0.0168. The van der Waals surface area contributed by atoms with Gasteiger partial charge in [0.15, 0.2) is 5.96 Å². The van der Waals surface area contributed by atoms with Crippen molar-refractivity contribution in [2.24, 2.45) is 4.99 Å². The van der Waals surface area contributed by atoms with Crippen molar-refractivity contribution in [3.8, 4) is 5.75 Å². The molecule has 30 heavy (non-hydrogen) atoms. The summed E-state index contributed by atoms with van der Waals surface area (Å²) in [5.74, 6) is 1.67. The Bertz CT molecular complexity index is 761. The Morgan fingerprint density at radius 3 is 2.77 bits per heavy atom. The van der Waals surface area contributed by atoms with E-state index in [-0.39, 0.29) is 0 Å². The van der Waals surface area contributed by atoms with E-state index in [9.17, 15) is 0 Å². The molecule has 0 radical (unpaired) electrons. The molecule has 1 atom stereocenters. The quantitative estimate of drug-likeness (QED) is 0.337. The van der Waals surface area contributed by atoms with Crippen LogP contribution in [0.1, 0.15) is 30.4 Å². The third-order valence-electron chi connectivity index (χ3n) is 4.91. The molecule has 6 heteroatoms. The van der Waals surface area contributed by atoms with Crippen molar-refractivity contribution in [2.75, 3.05) is 33.4 Å².